The molecule has 0 fully saturated rings. The van der Waals surface area contributed by atoms with Crippen LogP contribution in [0.25, 0.3) is 0 Å². The summed E-state index contributed by atoms with van der Waals surface area (Å²) in [4.78, 5) is 0. The maximum Gasteiger partial charge on any atom is 0.123 e. The highest BCUT2D eigenvalue weighted by Crippen LogP contribution is 2.11. The van der Waals surface area contributed by atoms with E-state index >= 15 is 0 Å². The van der Waals surface area contributed by atoms with Crippen molar-refractivity contribution in [3.05, 3.63) is 47.8 Å². The van der Waals surface area contributed by atoms with E-state index in [0.717, 1.165) is 12.1 Å². The van der Waals surface area contributed by atoms with Crippen LogP contribution in [0, 0.1) is 5.82 Å². The first kappa shape index (κ1) is 10.4. The lowest BCUT2D eigenvalue weighted by Crippen LogP contribution is -2.27. The van der Waals surface area contributed by atoms with Crippen molar-refractivity contribution in [1.82, 2.24) is 5.32 Å². The number of rotatable bonds is 3. The first-order valence-electron chi connectivity index (χ1n) is 5.49. The SMILES string of the molecule is Fc1ccc(CN[C@@H]2C=CCCC2)cc1. The Kier molecular flexibility index (Phi) is 3.51. The van der Waals surface area contributed by atoms with Crippen molar-refractivity contribution < 1.29 is 4.39 Å². The van der Waals surface area contributed by atoms with Crippen molar-refractivity contribution >= 4 is 0 Å². The Balaban J connectivity index is 1.84. The third kappa shape index (κ3) is 3.17. The van der Waals surface area contributed by atoms with Crippen LogP contribution in [-0.4, -0.2) is 6.04 Å². The molecule has 0 saturated heterocycles. The summed E-state index contributed by atoms with van der Waals surface area (Å²) >= 11 is 0. The van der Waals surface area contributed by atoms with E-state index in [0.29, 0.717) is 6.04 Å². The lowest BCUT2D eigenvalue weighted by molar-refractivity contribution is 0.522. The topological polar surface area (TPSA) is 12.0 Å². The molecule has 1 aromatic carbocycles. The van der Waals surface area contributed by atoms with Crippen molar-refractivity contribution in [2.75, 3.05) is 0 Å². The summed E-state index contributed by atoms with van der Waals surface area (Å²) in [6.45, 7) is 0.815. The van der Waals surface area contributed by atoms with E-state index in [9.17, 15) is 4.39 Å². The zero-order valence-electron chi connectivity index (χ0n) is 8.75. The average molecular weight is 205 g/mol. The van der Waals surface area contributed by atoms with Crippen LogP contribution in [0.1, 0.15) is 24.8 Å². The molecule has 0 spiro atoms. The third-order valence-electron chi connectivity index (χ3n) is 2.74. The van der Waals surface area contributed by atoms with Gasteiger partial charge >= 0.3 is 0 Å². The fraction of sp³-hybridized carbons (Fsp3) is 0.385. The van der Waals surface area contributed by atoms with Crippen LogP contribution in [0.4, 0.5) is 4.39 Å². The second kappa shape index (κ2) is 5.08. The molecule has 1 nitrogen and oxygen atoms in total. The van der Waals surface area contributed by atoms with Crippen LogP contribution in [0.2, 0.25) is 0 Å². The minimum absolute atomic E-state index is 0.170. The van der Waals surface area contributed by atoms with Gasteiger partial charge in [-0.25, -0.2) is 4.39 Å². The normalized spacial score (nSPS) is 20.5. The quantitative estimate of drug-likeness (QED) is 0.748. The predicted molar refractivity (Wildman–Crippen MR) is 60.0 cm³/mol. The van der Waals surface area contributed by atoms with Gasteiger partial charge in [-0.05, 0) is 37.0 Å². The highest BCUT2D eigenvalue weighted by molar-refractivity contribution is 5.16. The van der Waals surface area contributed by atoms with Crippen molar-refractivity contribution in [3.63, 3.8) is 0 Å². The van der Waals surface area contributed by atoms with Crippen molar-refractivity contribution in [2.24, 2.45) is 0 Å². The summed E-state index contributed by atoms with van der Waals surface area (Å²) in [5, 5.41) is 3.45. The number of nitrogens with one attached hydrogen (secondary N) is 1. The molecule has 0 amide bonds. The van der Waals surface area contributed by atoms with Gasteiger partial charge in [-0.3, -0.25) is 0 Å². The molecule has 0 bridgehead atoms. The second-order valence-electron chi connectivity index (χ2n) is 3.97. The summed E-state index contributed by atoms with van der Waals surface area (Å²) in [5.74, 6) is -0.170. The van der Waals surface area contributed by atoms with Gasteiger partial charge < -0.3 is 5.32 Å². The Bertz CT molecular complexity index is 329. The highest BCUT2D eigenvalue weighted by atomic mass is 19.1. The maximum atomic E-state index is 12.7. The van der Waals surface area contributed by atoms with E-state index in [4.69, 9.17) is 0 Å². The first-order valence-corrected chi connectivity index (χ1v) is 5.49. The molecule has 0 saturated carbocycles. The van der Waals surface area contributed by atoms with Gasteiger partial charge in [-0.2, -0.15) is 0 Å². The fourth-order valence-electron chi connectivity index (χ4n) is 1.83. The van der Waals surface area contributed by atoms with E-state index < -0.39 is 0 Å². The van der Waals surface area contributed by atoms with E-state index in [1.54, 1.807) is 0 Å². The number of hydrogen-bond donors (Lipinski definition) is 1. The molecular formula is C13H16FN. The lowest BCUT2D eigenvalue weighted by Gasteiger charge is -2.17. The molecule has 1 aliphatic rings. The Labute approximate surface area is 90.0 Å². The first-order chi connectivity index (χ1) is 7.34. The highest BCUT2D eigenvalue weighted by Gasteiger charge is 2.06. The molecular weight excluding hydrogens is 189 g/mol. The second-order valence-corrected chi connectivity index (χ2v) is 3.97. The lowest BCUT2D eigenvalue weighted by atomic mass is 10.0. The summed E-state index contributed by atoms with van der Waals surface area (Å²) in [5.41, 5.74) is 1.13. The smallest absolute Gasteiger partial charge is 0.123 e. The zero-order valence-corrected chi connectivity index (χ0v) is 8.75. The molecule has 1 aromatic rings. The number of allylic oxidation sites excluding steroid dienone is 1. The minimum atomic E-state index is -0.170. The van der Waals surface area contributed by atoms with Crippen LogP contribution >= 0.6 is 0 Å². The fourth-order valence-corrected chi connectivity index (χ4v) is 1.83. The summed E-state index contributed by atoms with van der Waals surface area (Å²) in [7, 11) is 0. The molecule has 0 radical (unpaired) electrons. The Hall–Kier alpha value is -1.15. The van der Waals surface area contributed by atoms with Crippen LogP contribution < -0.4 is 5.32 Å². The van der Waals surface area contributed by atoms with E-state index in [-0.39, 0.29) is 5.82 Å². The maximum absolute atomic E-state index is 12.7. The van der Waals surface area contributed by atoms with Gasteiger partial charge in [-0.1, -0.05) is 24.3 Å². The third-order valence-corrected chi connectivity index (χ3v) is 2.74. The number of benzene rings is 1. The van der Waals surface area contributed by atoms with Crippen molar-refractivity contribution in [2.45, 2.75) is 31.8 Å². The molecule has 0 heterocycles. The molecule has 2 rings (SSSR count). The van der Waals surface area contributed by atoms with Crippen LogP contribution in [-0.2, 0) is 6.54 Å². The monoisotopic (exact) mass is 205 g/mol. The van der Waals surface area contributed by atoms with Gasteiger partial charge in [0, 0.05) is 12.6 Å². The Morgan fingerprint density at radius 1 is 1.27 bits per heavy atom. The van der Waals surface area contributed by atoms with Crippen LogP contribution in [0.3, 0.4) is 0 Å². The van der Waals surface area contributed by atoms with Gasteiger partial charge in [-0.15, -0.1) is 0 Å². The average Bonchev–Trinajstić information content (AvgIpc) is 2.30. The Morgan fingerprint density at radius 3 is 2.73 bits per heavy atom. The Morgan fingerprint density at radius 2 is 2.07 bits per heavy atom. The standard InChI is InChI=1S/C13H16FN/c14-12-8-6-11(7-9-12)10-15-13-4-2-1-3-5-13/h2,4,6-9,13,15H,1,3,5,10H2/t13-/m1/s1. The van der Waals surface area contributed by atoms with E-state index in [2.05, 4.69) is 17.5 Å². The largest absolute Gasteiger partial charge is 0.306 e. The zero-order chi connectivity index (χ0) is 10.5. The van der Waals surface area contributed by atoms with Crippen LogP contribution in [0.15, 0.2) is 36.4 Å². The molecule has 1 atom stereocenters. The van der Waals surface area contributed by atoms with Gasteiger partial charge in [0.15, 0.2) is 0 Å². The van der Waals surface area contributed by atoms with Crippen molar-refractivity contribution in [3.8, 4) is 0 Å². The molecule has 1 aliphatic carbocycles. The summed E-state index contributed by atoms with van der Waals surface area (Å²) in [6.07, 6.45) is 8.13. The molecule has 15 heavy (non-hydrogen) atoms. The molecule has 0 unspecified atom stereocenters. The number of halogens is 1. The van der Waals surface area contributed by atoms with Crippen LogP contribution in [0.5, 0.6) is 0 Å². The summed E-state index contributed by atoms with van der Waals surface area (Å²) in [6, 6.07) is 7.16. The van der Waals surface area contributed by atoms with Crippen molar-refractivity contribution in [1.29, 1.82) is 0 Å². The minimum Gasteiger partial charge on any atom is -0.306 e. The molecule has 2 heteroatoms. The van der Waals surface area contributed by atoms with Gasteiger partial charge in [0.2, 0.25) is 0 Å². The molecule has 0 aromatic heterocycles. The molecule has 80 valence electrons. The number of hydrogen-bond acceptors (Lipinski definition) is 1. The molecule has 1 N–H and O–H groups in total. The van der Waals surface area contributed by atoms with Gasteiger partial charge in [0.05, 0.1) is 0 Å². The predicted octanol–water partition coefficient (Wildman–Crippen LogP) is 3.02. The summed E-state index contributed by atoms with van der Waals surface area (Å²) < 4.78 is 12.7. The van der Waals surface area contributed by atoms with Gasteiger partial charge in [0.25, 0.3) is 0 Å². The van der Waals surface area contributed by atoms with E-state index in [1.807, 2.05) is 12.1 Å². The molecule has 0 aliphatic heterocycles. The van der Waals surface area contributed by atoms with E-state index in [1.165, 1.54) is 31.4 Å². The van der Waals surface area contributed by atoms with Gasteiger partial charge in [0.1, 0.15) is 5.82 Å².